The summed E-state index contributed by atoms with van der Waals surface area (Å²) in [7, 11) is 0. The smallest absolute Gasteiger partial charge is 0.120 e. The zero-order valence-corrected chi connectivity index (χ0v) is 12.5. The number of nitrogens with one attached hydrogen (secondary N) is 1. The van der Waals surface area contributed by atoms with E-state index in [1.165, 1.54) is 5.56 Å². The Balaban J connectivity index is 2.70. The Hall–Kier alpha value is -1.02. The second kappa shape index (κ2) is 6.79. The largest absolute Gasteiger partial charge is 0.491 e. The molecule has 18 heavy (non-hydrogen) atoms. The van der Waals surface area contributed by atoms with Gasteiger partial charge in [-0.2, -0.15) is 0 Å². The summed E-state index contributed by atoms with van der Waals surface area (Å²) in [6.07, 6.45) is 0.220. The second-order valence-corrected chi connectivity index (χ2v) is 5.66. The Labute approximate surface area is 112 Å². The van der Waals surface area contributed by atoms with Gasteiger partial charge in [-0.25, -0.2) is 0 Å². The van der Waals surface area contributed by atoms with Gasteiger partial charge in [-0.05, 0) is 51.3 Å². The summed E-state index contributed by atoms with van der Waals surface area (Å²) in [5, 5.41) is 3.62. The lowest BCUT2D eigenvalue weighted by molar-refractivity contribution is 0.242. The first-order chi connectivity index (χ1) is 8.40. The first-order valence-corrected chi connectivity index (χ1v) is 6.92. The zero-order valence-electron chi connectivity index (χ0n) is 12.5. The SMILES string of the molecule is CC(C)Oc1cccc(C(C)NC(C)C(C)C)c1. The zero-order chi connectivity index (χ0) is 13.7. The van der Waals surface area contributed by atoms with Crippen LogP contribution in [0.15, 0.2) is 24.3 Å². The molecular formula is C16H27NO. The maximum atomic E-state index is 5.73. The lowest BCUT2D eigenvalue weighted by Crippen LogP contribution is -2.32. The Morgan fingerprint density at radius 1 is 1.00 bits per heavy atom. The molecule has 0 aromatic heterocycles. The van der Waals surface area contributed by atoms with E-state index in [2.05, 4.69) is 65.1 Å². The Morgan fingerprint density at radius 3 is 2.22 bits per heavy atom. The van der Waals surface area contributed by atoms with Gasteiger partial charge in [0.15, 0.2) is 0 Å². The third-order valence-electron chi connectivity index (χ3n) is 3.24. The highest BCUT2D eigenvalue weighted by Gasteiger charge is 2.12. The summed E-state index contributed by atoms with van der Waals surface area (Å²) in [4.78, 5) is 0. The van der Waals surface area contributed by atoms with Crippen LogP contribution in [0, 0.1) is 5.92 Å². The summed E-state index contributed by atoms with van der Waals surface area (Å²) < 4.78 is 5.73. The number of hydrogen-bond donors (Lipinski definition) is 1. The van der Waals surface area contributed by atoms with Crippen molar-refractivity contribution in [1.29, 1.82) is 0 Å². The predicted octanol–water partition coefficient (Wildman–Crippen LogP) is 4.17. The molecule has 0 saturated carbocycles. The van der Waals surface area contributed by atoms with Gasteiger partial charge in [0.25, 0.3) is 0 Å². The number of rotatable bonds is 6. The highest BCUT2D eigenvalue weighted by atomic mass is 16.5. The molecule has 2 nitrogen and oxygen atoms in total. The normalized spacial score (nSPS) is 14.9. The van der Waals surface area contributed by atoms with Crippen molar-refractivity contribution in [3.63, 3.8) is 0 Å². The molecule has 2 heteroatoms. The van der Waals surface area contributed by atoms with Gasteiger partial charge >= 0.3 is 0 Å². The fourth-order valence-electron chi connectivity index (χ4n) is 1.81. The van der Waals surface area contributed by atoms with Crippen LogP contribution in [0.2, 0.25) is 0 Å². The first-order valence-electron chi connectivity index (χ1n) is 6.92. The van der Waals surface area contributed by atoms with Crippen molar-refractivity contribution in [3.05, 3.63) is 29.8 Å². The molecule has 0 saturated heterocycles. The van der Waals surface area contributed by atoms with Crippen LogP contribution in [0.4, 0.5) is 0 Å². The lowest BCUT2D eigenvalue weighted by Gasteiger charge is -2.23. The maximum absolute atomic E-state index is 5.73. The van der Waals surface area contributed by atoms with Gasteiger partial charge in [0.2, 0.25) is 0 Å². The van der Waals surface area contributed by atoms with Crippen LogP contribution >= 0.6 is 0 Å². The van der Waals surface area contributed by atoms with E-state index in [4.69, 9.17) is 4.74 Å². The summed E-state index contributed by atoms with van der Waals surface area (Å²) in [5.41, 5.74) is 1.28. The minimum atomic E-state index is 0.220. The third-order valence-corrected chi connectivity index (χ3v) is 3.24. The Kier molecular flexibility index (Phi) is 5.67. The number of ether oxygens (including phenoxy) is 1. The van der Waals surface area contributed by atoms with E-state index >= 15 is 0 Å². The van der Waals surface area contributed by atoms with Gasteiger partial charge in [0.1, 0.15) is 5.75 Å². The maximum Gasteiger partial charge on any atom is 0.120 e. The molecule has 0 spiro atoms. The molecule has 1 N–H and O–H groups in total. The molecule has 2 atom stereocenters. The van der Waals surface area contributed by atoms with Crippen molar-refractivity contribution in [3.8, 4) is 5.75 Å². The van der Waals surface area contributed by atoms with Crippen LogP contribution in [-0.2, 0) is 0 Å². The van der Waals surface area contributed by atoms with Gasteiger partial charge < -0.3 is 10.1 Å². The molecule has 0 aliphatic heterocycles. The summed E-state index contributed by atoms with van der Waals surface area (Å²) >= 11 is 0. The minimum absolute atomic E-state index is 0.220. The first kappa shape index (κ1) is 15.0. The topological polar surface area (TPSA) is 21.3 Å². The standard InChI is InChI=1S/C16H27NO/c1-11(2)13(5)17-14(6)15-8-7-9-16(10-15)18-12(3)4/h7-14,17H,1-6H3. The molecular weight excluding hydrogens is 222 g/mol. The predicted molar refractivity (Wildman–Crippen MR) is 78.1 cm³/mol. The van der Waals surface area contributed by atoms with Crippen LogP contribution in [0.5, 0.6) is 5.75 Å². The summed E-state index contributed by atoms with van der Waals surface area (Å²) in [6.45, 7) is 13.0. The number of hydrogen-bond acceptors (Lipinski definition) is 2. The van der Waals surface area contributed by atoms with Gasteiger partial charge in [-0.1, -0.05) is 26.0 Å². The van der Waals surface area contributed by atoms with Crippen molar-refractivity contribution in [1.82, 2.24) is 5.32 Å². The van der Waals surface area contributed by atoms with Crippen molar-refractivity contribution in [2.75, 3.05) is 0 Å². The molecule has 0 amide bonds. The van der Waals surface area contributed by atoms with Crippen molar-refractivity contribution < 1.29 is 4.74 Å². The van der Waals surface area contributed by atoms with E-state index in [0.717, 1.165) is 5.75 Å². The van der Waals surface area contributed by atoms with E-state index in [1.54, 1.807) is 0 Å². The molecule has 1 rings (SSSR count). The fourth-order valence-corrected chi connectivity index (χ4v) is 1.81. The third kappa shape index (κ3) is 4.69. The molecule has 0 heterocycles. The monoisotopic (exact) mass is 249 g/mol. The van der Waals surface area contributed by atoms with Crippen LogP contribution in [0.3, 0.4) is 0 Å². The molecule has 0 aliphatic rings. The average molecular weight is 249 g/mol. The van der Waals surface area contributed by atoms with E-state index < -0.39 is 0 Å². The van der Waals surface area contributed by atoms with Crippen molar-refractivity contribution in [2.45, 2.75) is 59.7 Å². The lowest BCUT2D eigenvalue weighted by atomic mass is 10.0. The highest BCUT2D eigenvalue weighted by molar-refractivity contribution is 5.30. The van der Waals surface area contributed by atoms with Crippen LogP contribution in [0.1, 0.15) is 53.1 Å². The fraction of sp³-hybridized carbons (Fsp3) is 0.625. The van der Waals surface area contributed by atoms with Gasteiger partial charge in [-0.15, -0.1) is 0 Å². The van der Waals surface area contributed by atoms with Crippen LogP contribution < -0.4 is 10.1 Å². The summed E-state index contributed by atoms with van der Waals surface area (Å²) in [6, 6.07) is 9.21. The molecule has 0 bridgehead atoms. The minimum Gasteiger partial charge on any atom is -0.491 e. The van der Waals surface area contributed by atoms with E-state index in [1.807, 2.05) is 6.07 Å². The summed E-state index contributed by atoms with van der Waals surface area (Å²) in [5.74, 6) is 1.59. The molecule has 0 aliphatic carbocycles. The van der Waals surface area contributed by atoms with Crippen LogP contribution in [0.25, 0.3) is 0 Å². The molecule has 102 valence electrons. The molecule has 2 unspecified atom stereocenters. The Bertz CT molecular complexity index is 360. The quantitative estimate of drug-likeness (QED) is 0.817. The van der Waals surface area contributed by atoms with Gasteiger partial charge in [0, 0.05) is 12.1 Å². The van der Waals surface area contributed by atoms with Gasteiger partial charge in [-0.3, -0.25) is 0 Å². The second-order valence-electron chi connectivity index (χ2n) is 5.66. The van der Waals surface area contributed by atoms with E-state index in [0.29, 0.717) is 18.0 Å². The van der Waals surface area contributed by atoms with Crippen molar-refractivity contribution in [2.24, 2.45) is 5.92 Å². The van der Waals surface area contributed by atoms with E-state index in [9.17, 15) is 0 Å². The molecule has 0 radical (unpaired) electrons. The Morgan fingerprint density at radius 2 is 1.67 bits per heavy atom. The molecule has 1 aromatic carbocycles. The molecule has 1 aromatic rings. The van der Waals surface area contributed by atoms with Gasteiger partial charge in [0.05, 0.1) is 6.10 Å². The average Bonchev–Trinajstić information content (AvgIpc) is 2.28. The number of benzene rings is 1. The van der Waals surface area contributed by atoms with Crippen LogP contribution in [-0.4, -0.2) is 12.1 Å². The van der Waals surface area contributed by atoms with E-state index in [-0.39, 0.29) is 6.10 Å². The highest BCUT2D eigenvalue weighted by Crippen LogP contribution is 2.21. The van der Waals surface area contributed by atoms with Crippen molar-refractivity contribution >= 4 is 0 Å². The molecule has 0 fully saturated rings.